The molecule has 3 unspecified atom stereocenters. The number of hydrogen-bond acceptors (Lipinski definition) is 3. The van der Waals surface area contributed by atoms with E-state index >= 15 is 0 Å². The molecule has 4 nitrogen and oxygen atoms in total. The Morgan fingerprint density at radius 3 is 2.72 bits per heavy atom. The number of likely N-dealkylation sites (tertiary alicyclic amines) is 1. The number of amides is 2. The summed E-state index contributed by atoms with van der Waals surface area (Å²) in [7, 11) is 0. The standard InChI is InChI=1S/C14H24N2O2/c1-3-16-13(17)8-12(14(16)18)15-9-11-6-4-5-10(2)7-11/h10-12,15H,3-9H2,1-2H3. The quantitative estimate of drug-likeness (QED) is 0.772. The van der Waals surface area contributed by atoms with Crippen LogP contribution < -0.4 is 5.32 Å². The lowest BCUT2D eigenvalue weighted by molar-refractivity contribution is -0.138. The van der Waals surface area contributed by atoms with Crippen molar-refractivity contribution in [3.05, 3.63) is 0 Å². The fourth-order valence-corrected chi connectivity index (χ4v) is 3.23. The Labute approximate surface area is 109 Å². The Bertz CT molecular complexity index is 330. The average Bonchev–Trinajstić information content (AvgIpc) is 2.61. The normalized spacial score (nSPS) is 33.2. The minimum atomic E-state index is -0.269. The van der Waals surface area contributed by atoms with Crippen molar-refractivity contribution in [1.82, 2.24) is 10.2 Å². The molecule has 1 saturated carbocycles. The van der Waals surface area contributed by atoms with Gasteiger partial charge in [0.25, 0.3) is 0 Å². The monoisotopic (exact) mass is 252 g/mol. The van der Waals surface area contributed by atoms with E-state index in [1.807, 2.05) is 6.92 Å². The fourth-order valence-electron chi connectivity index (χ4n) is 3.23. The van der Waals surface area contributed by atoms with Crippen molar-refractivity contribution in [2.45, 2.75) is 52.0 Å². The van der Waals surface area contributed by atoms with Crippen LogP contribution in [0, 0.1) is 11.8 Å². The number of nitrogens with zero attached hydrogens (tertiary/aromatic N) is 1. The van der Waals surface area contributed by atoms with Gasteiger partial charge in [0.1, 0.15) is 0 Å². The van der Waals surface area contributed by atoms with Gasteiger partial charge >= 0.3 is 0 Å². The first-order chi connectivity index (χ1) is 8.61. The number of carbonyl (C=O) groups excluding carboxylic acids is 2. The van der Waals surface area contributed by atoms with Crippen LogP contribution in [-0.2, 0) is 9.59 Å². The van der Waals surface area contributed by atoms with Crippen molar-refractivity contribution in [1.29, 1.82) is 0 Å². The maximum Gasteiger partial charge on any atom is 0.246 e. The molecule has 0 bridgehead atoms. The molecule has 1 saturated heterocycles. The van der Waals surface area contributed by atoms with Crippen LogP contribution >= 0.6 is 0 Å². The predicted octanol–water partition coefficient (Wildman–Crippen LogP) is 1.55. The Kier molecular flexibility index (Phi) is 4.38. The molecule has 4 heteroatoms. The molecule has 0 aromatic heterocycles. The molecule has 0 aromatic rings. The number of imide groups is 1. The summed E-state index contributed by atoms with van der Waals surface area (Å²) in [6.07, 6.45) is 5.48. The molecular weight excluding hydrogens is 228 g/mol. The maximum atomic E-state index is 11.9. The number of likely N-dealkylation sites (N-methyl/N-ethyl adjacent to an activating group) is 1. The molecule has 18 heavy (non-hydrogen) atoms. The number of rotatable bonds is 4. The molecule has 1 N–H and O–H groups in total. The molecular formula is C14H24N2O2. The van der Waals surface area contributed by atoms with Crippen LogP contribution in [0.5, 0.6) is 0 Å². The molecule has 2 aliphatic rings. The van der Waals surface area contributed by atoms with Gasteiger partial charge in [0, 0.05) is 6.54 Å². The molecule has 1 heterocycles. The highest BCUT2D eigenvalue weighted by atomic mass is 16.2. The van der Waals surface area contributed by atoms with Crippen molar-refractivity contribution in [3.63, 3.8) is 0 Å². The van der Waals surface area contributed by atoms with Crippen molar-refractivity contribution in [2.75, 3.05) is 13.1 Å². The molecule has 2 fully saturated rings. The zero-order chi connectivity index (χ0) is 13.1. The minimum Gasteiger partial charge on any atom is -0.305 e. The Hall–Kier alpha value is -0.900. The summed E-state index contributed by atoms with van der Waals surface area (Å²) in [6, 6.07) is -0.269. The third-order valence-electron chi connectivity index (χ3n) is 4.26. The summed E-state index contributed by atoms with van der Waals surface area (Å²) in [5.41, 5.74) is 0. The molecule has 102 valence electrons. The van der Waals surface area contributed by atoms with Gasteiger partial charge < -0.3 is 5.32 Å². The van der Waals surface area contributed by atoms with Gasteiger partial charge in [0.05, 0.1) is 12.5 Å². The summed E-state index contributed by atoms with van der Waals surface area (Å²) in [5, 5.41) is 3.30. The second-order valence-corrected chi connectivity index (χ2v) is 5.78. The van der Waals surface area contributed by atoms with E-state index in [0.29, 0.717) is 18.9 Å². The zero-order valence-corrected chi connectivity index (χ0v) is 11.4. The van der Waals surface area contributed by atoms with Crippen LogP contribution in [-0.4, -0.2) is 35.8 Å². The molecule has 1 aliphatic heterocycles. The second kappa shape index (κ2) is 5.83. The highest BCUT2D eigenvalue weighted by molar-refractivity contribution is 6.05. The van der Waals surface area contributed by atoms with Crippen LogP contribution in [0.2, 0.25) is 0 Å². The Balaban J connectivity index is 1.80. The van der Waals surface area contributed by atoms with Gasteiger partial charge in [0.2, 0.25) is 11.8 Å². The highest BCUT2D eigenvalue weighted by Crippen LogP contribution is 2.28. The lowest BCUT2D eigenvalue weighted by Crippen LogP contribution is -2.41. The summed E-state index contributed by atoms with van der Waals surface area (Å²) >= 11 is 0. The second-order valence-electron chi connectivity index (χ2n) is 5.78. The van der Waals surface area contributed by atoms with Crippen molar-refractivity contribution in [2.24, 2.45) is 11.8 Å². The minimum absolute atomic E-state index is 0.0305. The maximum absolute atomic E-state index is 11.9. The molecule has 0 spiro atoms. The molecule has 0 aromatic carbocycles. The van der Waals surface area contributed by atoms with Crippen molar-refractivity contribution in [3.8, 4) is 0 Å². The first-order valence-electron chi connectivity index (χ1n) is 7.19. The number of nitrogens with one attached hydrogen (secondary N) is 1. The highest BCUT2D eigenvalue weighted by Gasteiger charge is 2.37. The first kappa shape index (κ1) is 13.5. The lowest BCUT2D eigenvalue weighted by atomic mass is 9.82. The van der Waals surface area contributed by atoms with Crippen LogP contribution in [0.4, 0.5) is 0 Å². The average molecular weight is 252 g/mol. The SMILES string of the molecule is CCN1C(=O)CC(NCC2CCCC(C)C2)C1=O. The van der Waals surface area contributed by atoms with Gasteiger partial charge in [-0.1, -0.05) is 19.8 Å². The summed E-state index contributed by atoms with van der Waals surface area (Å²) in [5.74, 6) is 1.41. The van der Waals surface area contributed by atoms with E-state index in [9.17, 15) is 9.59 Å². The summed E-state index contributed by atoms with van der Waals surface area (Å²) < 4.78 is 0. The lowest BCUT2D eigenvalue weighted by Gasteiger charge is -2.27. The largest absolute Gasteiger partial charge is 0.305 e. The van der Waals surface area contributed by atoms with Gasteiger partial charge in [-0.2, -0.15) is 0 Å². The van der Waals surface area contributed by atoms with Crippen LogP contribution in [0.1, 0.15) is 46.0 Å². The van der Waals surface area contributed by atoms with Gasteiger partial charge in [-0.15, -0.1) is 0 Å². The van der Waals surface area contributed by atoms with E-state index < -0.39 is 0 Å². The fraction of sp³-hybridized carbons (Fsp3) is 0.857. The molecule has 3 atom stereocenters. The first-order valence-corrected chi connectivity index (χ1v) is 7.19. The van der Waals surface area contributed by atoms with E-state index in [4.69, 9.17) is 0 Å². The van der Waals surface area contributed by atoms with E-state index in [1.54, 1.807) is 0 Å². The van der Waals surface area contributed by atoms with Crippen LogP contribution in [0.25, 0.3) is 0 Å². The molecule has 2 amide bonds. The molecule has 1 aliphatic carbocycles. The summed E-state index contributed by atoms with van der Waals surface area (Å²) in [6.45, 7) is 5.53. The van der Waals surface area contributed by atoms with Gasteiger partial charge in [-0.05, 0) is 38.1 Å². The van der Waals surface area contributed by atoms with Crippen LogP contribution in [0.15, 0.2) is 0 Å². The van der Waals surface area contributed by atoms with Gasteiger partial charge in [-0.3, -0.25) is 14.5 Å². The topological polar surface area (TPSA) is 49.4 Å². The zero-order valence-electron chi connectivity index (χ0n) is 11.4. The predicted molar refractivity (Wildman–Crippen MR) is 69.9 cm³/mol. The Morgan fingerprint density at radius 2 is 2.11 bits per heavy atom. The van der Waals surface area contributed by atoms with Crippen molar-refractivity contribution < 1.29 is 9.59 Å². The van der Waals surface area contributed by atoms with E-state index in [0.717, 1.165) is 12.5 Å². The molecule has 2 rings (SSSR count). The van der Waals surface area contributed by atoms with E-state index in [-0.39, 0.29) is 17.9 Å². The van der Waals surface area contributed by atoms with Gasteiger partial charge in [-0.25, -0.2) is 0 Å². The number of carbonyl (C=O) groups is 2. The third-order valence-corrected chi connectivity index (χ3v) is 4.26. The smallest absolute Gasteiger partial charge is 0.246 e. The Morgan fingerprint density at radius 1 is 1.33 bits per heavy atom. The number of hydrogen-bond donors (Lipinski definition) is 1. The van der Waals surface area contributed by atoms with Crippen molar-refractivity contribution >= 4 is 11.8 Å². The van der Waals surface area contributed by atoms with Gasteiger partial charge in [0.15, 0.2) is 0 Å². The summed E-state index contributed by atoms with van der Waals surface area (Å²) in [4.78, 5) is 24.9. The van der Waals surface area contributed by atoms with Crippen LogP contribution in [0.3, 0.4) is 0 Å². The van der Waals surface area contributed by atoms with E-state index in [1.165, 1.54) is 30.6 Å². The third kappa shape index (κ3) is 2.91. The molecule has 0 radical (unpaired) electrons. The van der Waals surface area contributed by atoms with E-state index in [2.05, 4.69) is 12.2 Å².